The maximum Gasteiger partial charge on any atom is 0.271 e. The smallest absolute Gasteiger partial charge is 0.271 e. The first kappa shape index (κ1) is 8.99. The van der Waals surface area contributed by atoms with E-state index < -0.39 is 0 Å². The Kier molecular flexibility index (Phi) is 2.11. The van der Waals surface area contributed by atoms with Gasteiger partial charge in [0.2, 0.25) is 0 Å². The molecule has 0 saturated heterocycles. The summed E-state index contributed by atoms with van der Waals surface area (Å²) in [5, 5.41) is 2.76. The number of H-pyrrole nitrogens is 1. The standard InChI is InChI=1S/C10H13N3O/c1-7(2)3-8-4-9-11-6-12-13(9)10(14)5-8/h4-7H,3H2,1-2H3,(H,11,12). The molecule has 0 saturated carbocycles. The third kappa shape index (κ3) is 1.55. The van der Waals surface area contributed by atoms with E-state index in [9.17, 15) is 4.79 Å². The van der Waals surface area contributed by atoms with E-state index in [-0.39, 0.29) is 5.56 Å². The molecule has 0 fully saturated rings. The van der Waals surface area contributed by atoms with Gasteiger partial charge >= 0.3 is 0 Å². The summed E-state index contributed by atoms with van der Waals surface area (Å²) in [7, 11) is 0. The van der Waals surface area contributed by atoms with Crippen LogP contribution >= 0.6 is 0 Å². The van der Waals surface area contributed by atoms with Gasteiger partial charge in [0, 0.05) is 6.07 Å². The van der Waals surface area contributed by atoms with Crippen molar-refractivity contribution in [3.8, 4) is 0 Å². The molecule has 14 heavy (non-hydrogen) atoms. The topological polar surface area (TPSA) is 50.2 Å². The third-order valence-electron chi connectivity index (χ3n) is 2.10. The van der Waals surface area contributed by atoms with Crippen LogP contribution in [0.3, 0.4) is 0 Å². The minimum Gasteiger partial charge on any atom is -0.279 e. The molecule has 2 aromatic heterocycles. The maximum atomic E-state index is 11.5. The highest BCUT2D eigenvalue weighted by molar-refractivity contribution is 5.39. The number of nitrogens with one attached hydrogen (secondary N) is 1. The minimum atomic E-state index is -0.0457. The molecule has 4 heteroatoms. The largest absolute Gasteiger partial charge is 0.279 e. The number of aromatic nitrogens is 3. The number of rotatable bonds is 2. The molecule has 0 aliphatic rings. The highest BCUT2D eigenvalue weighted by Crippen LogP contribution is 2.07. The molecular weight excluding hydrogens is 178 g/mol. The normalized spacial score (nSPS) is 11.4. The van der Waals surface area contributed by atoms with Crippen molar-refractivity contribution in [3.63, 3.8) is 0 Å². The molecule has 0 atom stereocenters. The molecule has 0 radical (unpaired) electrons. The number of nitrogens with zero attached hydrogens (tertiary/aromatic N) is 2. The zero-order valence-corrected chi connectivity index (χ0v) is 8.32. The van der Waals surface area contributed by atoms with Crippen LogP contribution in [0.25, 0.3) is 5.65 Å². The Hall–Kier alpha value is -1.58. The number of pyridine rings is 1. The average molecular weight is 191 g/mol. The molecule has 0 spiro atoms. The van der Waals surface area contributed by atoms with Crippen LogP contribution in [0.4, 0.5) is 0 Å². The molecule has 0 bridgehead atoms. The van der Waals surface area contributed by atoms with Gasteiger partial charge in [0.1, 0.15) is 6.33 Å². The van der Waals surface area contributed by atoms with E-state index in [1.165, 1.54) is 10.8 Å². The van der Waals surface area contributed by atoms with Gasteiger partial charge in [-0.25, -0.2) is 9.50 Å². The first-order chi connectivity index (χ1) is 6.66. The van der Waals surface area contributed by atoms with Crippen LogP contribution < -0.4 is 5.56 Å². The summed E-state index contributed by atoms with van der Waals surface area (Å²) in [6.45, 7) is 4.26. The second-order valence-electron chi connectivity index (χ2n) is 3.88. The molecule has 0 unspecified atom stereocenters. The summed E-state index contributed by atoms with van der Waals surface area (Å²) in [5.41, 5.74) is 1.70. The van der Waals surface area contributed by atoms with E-state index in [2.05, 4.69) is 23.9 Å². The SMILES string of the molecule is CC(C)Cc1cc(=O)n2[nH]cnc2c1. The van der Waals surface area contributed by atoms with Crippen molar-refractivity contribution in [3.05, 3.63) is 34.4 Å². The van der Waals surface area contributed by atoms with Gasteiger partial charge < -0.3 is 0 Å². The van der Waals surface area contributed by atoms with Gasteiger partial charge in [-0.3, -0.25) is 9.89 Å². The summed E-state index contributed by atoms with van der Waals surface area (Å²) in [5.74, 6) is 0.552. The van der Waals surface area contributed by atoms with Crippen LogP contribution in [0.1, 0.15) is 19.4 Å². The van der Waals surface area contributed by atoms with Crippen LogP contribution in [-0.4, -0.2) is 14.6 Å². The van der Waals surface area contributed by atoms with Crippen LogP contribution in [0.15, 0.2) is 23.3 Å². The number of hydrogen-bond acceptors (Lipinski definition) is 2. The molecule has 1 N–H and O–H groups in total. The molecule has 0 amide bonds. The van der Waals surface area contributed by atoms with Gasteiger partial charge in [-0.2, -0.15) is 0 Å². The highest BCUT2D eigenvalue weighted by atomic mass is 16.1. The number of fused-ring (bicyclic) bond motifs is 1. The van der Waals surface area contributed by atoms with Gasteiger partial charge in [-0.15, -0.1) is 0 Å². The van der Waals surface area contributed by atoms with Crippen molar-refractivity contribution < 1.29 is 0 Å². The lowest BCUT2D eigenvalue weighted by atomic mass is 10.0. The quantitative estimate of drug-likeness (QED) is 0.776. The average Bonchev–Trinajstić information content (AvgIpc) is 2.50. The summed E-state index contributed by atoms with van der Waals surface area (Å²) in [6.07, 6.45) is 2.44. The Labute approximate surface area is 81.6 Å². The van der Waals surface area contributed by atoms with Crippen molar-refractivity contribution in [2.24, 2.45) is 5.92 Å². The third-order valence-corrected chi connectivity index (χ3v) is 2.10. The Morgan fingerprint density at radius 1 is 1.50 bits per heavy atom. The van der Waals surface area contributed by atoms with Crippen LogP contribution in [0.5, 0.6) is 0 Å². The summed E-state index contributed by atoms with van der Waals surface area (Å²) in [6, 6.07) is 3.60. The molecule has 2 heterocycles. The first-order valence-corrected chi connectivity index (χ1v) is 4.72. The number of hydrogen-bond donors (Lipinski definition) is 1. The molecule has 2 rings (SSSR count). The van der Waals surface area contributed by atoms with Crippen molar-refractivity contribution in [1.82, 2.24) is 14.6 Å². The molecule has 74 valence electrons. The highest BCUT2D eigenvalue weighted by Gasteiger charge is 2.03. The predicted octanol–water partition coefficient (Wildman–Crippen LogP) is 1.22. The Bertz CT molecular complexity index is 495. The van der Waals surface area contributed by atoms with Crippen molar-refractivity contribution in [2.75, 3.05) is 0 Å². The zero-order valence-electron chi connectivity index (χ0n) is 8.32. The maximum absolute atomic E-state index is 11.5. The van der Waals surface area contributed by atoms with Gasteiger partial charge in [0.05, 0.1) is 0 Å². The van der Waals surface area contributed by atoms with E-state index in [0.717, 1.165) is 12.0 Å². The lowest BCUT2D eigenvalue weighted by molar-refractivity contribution is 0.646. The Morgan fingerprint density at radius 3 is 3.00 bits per heavy atom. The minimum absolute atomic E-state index is 0.0457. The molecule has 2 aromatic rings. The monoisotopic (exact) mass is 191 g/mol. The Morgan fingerprint density at radius 2 is 2.29 bits per heavy atom. The Balaban J connectivity index is 2.53. The van der Waals surface area contributed by atoms with Crippen LogP contribution in [0.2, 0.25) is 0 Å². The van der Waals surface area contributed by atoms with Crippen molar-refractivity contribution >= 4 is 5.65 Å². The van der Waals surface area contributed by atoms with Gasteiger partial charge in [-0.05, 0) is 24.0 Å². The van der Waals surface area contributed by atoms with Crippen LogP contribution in [-0.2, 0) is 6.42 Å². The van der Waals surface area contributed by atoms with Gasteiger partial charge in [0.25, 0.3) is 5.56 Å². The van der Waals surface area contributed by atoms with E-state index >= 15 is 0 Å². The fourth-order valence-corrected chi connectivity index (χ4v) is 1.57. The van der Waals surface area contributed by atoms with Gasteiger partial charge in [-0.1, -0.05) is 13.8 Å². The lowest BCUT2D eigenvalue weighted by Crippen LogP contribution is -2.14. The lowest BCUT2D eigenvalue weighted by Gasteiger charge is -2.03. The van der Waals surface area contributed by atoms with E-state index in [4.69, 9.17) is 0 Å². The fourth-order valence-electron chi connectivity index (χ4n) is 1.57. The van der Waals surface area contributed by atoms with Crippen molar-refractivity contribution in [1.29, 1.82) is 0 Å². The van der Waals surface area contributed by atoms with Crippen molar-refractivity contribution in [2.45, 2.75) is 20.3 Å². The van der Waals surface area contributed by atoms with Crippen LogP contribution in [0, 0.1) is 5.92 Å². The summed E-state index contributed by atoms with van der Waals surface area (Å²) in [4.78, 5) is 15.6. The first-order valence-electron chi connectivity index (χ1n) is 4.72. The summed E-state index contributed by atoms with van der Waals surface area (Å²) < 4.78 is 1.43. The number of aromatic amines is 1. The fraction of sp³-hybridized carbons (Fsp3) is 0.400. The second-order valence-corrected chi connectivity index (χ2v) is 3.88. The summed E-state index contributed by atoms with van der Waals surface area (Å²) >= 11 is 0. The molecule has 0 aliphatic heterocycles. The van der Waals surface area contributed by atoms with E-state index in [0.29, 0.717) is 11.6 Å². The molecular formula is C10H13N3O. The van der Waals surface area contributed by atoms with Gasteiger partial charge in [0.15, 0.2) is 5.65 Å². The second kappa shape index (κ2) is 3.29. The zero-order chi connectivity index (χ0) is 10.1. The predicted molar refractivity (Wildman–Crippen MR) is 54.4 cm³/mol. The molecule has 0 aliphatic carbocycles. The molecule has 4 nitrogen and oxygen atoms in total. The molecule has 0 aromatic carbocycles. The van der Waals surface area contributed by atoms with E-state index in [1.54, 1.807) is 6.07 Å². The van der Waals surface area contributed by atoms with E-state index in [1.807, 2.05) is 6.07 Å².